The molecule has 1 heterocycles. The predicted molar refractivity (Wildman–Crippen MR) is 68.7 cm³/mol. The highest BCUT2D eigenvalue weighted by Crippen LogP contribution is 2.16. The monoisotopic (exact) mass is 251 g/mol. The van der Waals surface area contributed by atoms with Crippen molar-refractivity contribution in [1.82, 2.24) is 0 Å². The van der Waals surface area contributed by atoms with E-state index in [2.05, 4.69) is 7.05 Å². The molecule has 18 heavy (non-hydrogen) atoms. The van der Waals surface area contributed by atoms with Crippen molar-refractivity contribution in [2.45, 2.75) is 13.0 Å². The first-order chi connectivity index (χ1) is 8.66. The van der Waals surface area contributed by atoms with E-state index < -0.39 is 0 Å². The molecule has 98 valence electrons. The van der Waals surface area contributed by atoms with Crippen molar-refractivity contribution >= 4 is 5.69 Å². The highest BCUT2D eigenvalue weighted by Gasteiger charge is 2.21. The predicted octanol–water partition coefficient (Wildman–Crippen LogP) is -1.10. The summed E-state index contributed by atoms with van der Waals surface area (Å²) in [6, 6.07) is 7.10. The van der Waals surface area contributed by atoms with Gasteiger partial charge in [0.2, 0.25) is 0 Å². The molecule has 0 aromatic heterocycles. The fourth-order valence-electron chi connectivity index (χ4n) is 2.56. The number of quaternary nitrogens is 2. The van der Waals surface area contributed by atoms with Crippen LogP contribution in [0.5, 0.6) is 0 Å². The van der Waals surface area contributed by atoms with Gasteiger partial charge in [-0.15, -0.1) is 0 Å². The zero-order valence-electron chi connectivity index (χ0n) is 10.8. The molecule has 1 aliphatic rings. The first kappa shape index (κ1) is 13.0. The van der Waals surface area contributed by atoms with Crippen LogP contribution in [0.15, 0.2) is 24.3 Å². The van der Waals surface area contributed by atoms with Crippen molar-refractivity contribution < 1.29 is 14.7 Å². The number of likely N-dealkylation sites (N-methyl/N-ethyl adjacent to an activating group) is 1. The van der Waals surface area contributed by atoms with Crippen LogP contribution in [0, 0.1) is 10.1 Å². The number of para-hydroxylation sites is 1. The lowest BCUT2D eigenvalue weighted by Gasteiger charge is -2.16. The quantitative estimate of drug-likeness (QED) is 0.529. The van der Waals surface area contributed by atoms with E-state index in [1.54, 1.807) is 17.0 Å². The van der Waals surface area contributed by atoms with Crippen LogP contribution in [0.2, 0.25) is 0 Å². The van der Waals surface area contributed by atoms with Crippen LogP contribution in [-0.2, 0) is 6.54 Å². The number of nitro benzene ring substituents is 1. The summed E-state index contributed by atoms with van der Waals surface area (Å²) in [5.74, 6) is 0. The van der Waals surface area contributed by atoms with Crippen molar-refractivity contribution in [3.63, 3.8) is 0 Å². The Balaban J connectivity index is 2.06. The summed E-state index contributed by atoms with van der Waals surface area (Å²) >= 11 is 0. The highest BCUT2D eigenvalue weighted by atomic mass is 16.6. The van der Waals surface area contributed by atoms with E-state index in [1.165, 1.54) is 17.9 Å². The molecule has 2 unspecified atom stereocenters. The average Bonchev–Trinajstić information content (AvgIpc) is 2.55. The summed E-state index contributed by atoms with van der Waals surface area (Å²) in [5.41, 5.74) is 1.12. The minimum absolute atomic E-state index is 0.259. The number of hydrogen-bond acceptors (Lipinski definition) is 2. The summed E-state index contributed by atoms with van der Waals surface area (Å²) in [5, 5.41) is 11.0. The zero-order valence-corrected chi connectivity index (χ0v) is 10.8. The van der Waals surface area contributed by atoms with Gasteiger partial charge in [0, 0.05) is 12.5 Å². The summed E-state index contributed by atoms with van der Waals surface area (Å²) in [6.07, 6.45) is 1.20. The standard InChI is InChI=1S/C13H19N3O2/c1-14-7-4-8-15(10-9-14)11-12-5-2-3-6-13(12)16(17)18/h2-3,5-6H,4,7-11H2,1H3/p+2. The molecular formula is C13H21N3O2+2. The van der Waals surface area contributed by atoms with Crippen LogP contribution in [0.4, 0.5) is 5.69 Å². The van der Waals surface area contributed by atoms with Gasteiger partial charge in [0.05, 0.1) is 30.6 Å². The van der Waals surface area contributed by atoms with E-state index in [0.29, 0.717) is 0 Å². The van der Waals surface area contributed by atoms with E-state index in [-0.39, 0.29) is 10.6 Å². The Morgan fingerprint density at radius 2 is 2.00 bits per heavy atom. The van der Waals surface area contributed by atoms with Crippen molar-refractivity contribution in [3.8, 4) is 0 Å². The number of benzene rings is 1. The fraction of sp³-hybridized carbons (Fsp3) is 0.538. The Morgan fingerprint density at radius 1 is 1.22 bits per heavy atom. The molecule has 2 N–H and O–H groups in total. The molecule has 1 saturated heterocycles. The van der Waals surface area contributed by atoms with Crippen molar-refractivity contribution in [2.75, 3.05) is 33.2 Å². The van der Waals surface area contributed by atoms with Gasteiger partial charge in [-0.2, -0.15) is 0 Å². The second-order valence-electron chi connectivity index (χ2n) is 5.12. The molecule has 5 heteroatoms. The maximum atomic E-state index is 11.0. The van der Waals surface area contributed by atoms with Crippen LogP contribution < -0.4 is 9.80 Å². The van der Waals surface area contributed by atoms with Crippen LogP contribution in [0.3, 0.4) is 0 Å². The van der Waals surface area contributed by atoms with Gasteiger partial charge in [0.1, 0.15) is 19.6 Å². The van der Waals surface area contributed by atoms with E-state index in [9.17, 15) is 10.1 Å². The molecule has 0 saturated carbocycles. The van der Waals surface area contributed by atoms with Gasteiger partial charge in [-0.3, -0.25) is 10.1 Å². The maximum Gasteiger partial charge on any atom is 0.278 e. The second-order valence-corrected chi connectivity index (χ2v) is 5.12. The third kappa shape index (κ3) is 3.27. The number of hydrogen-bond donors (Lipinski definition) is 2. The molecule has 1 aromatic rings. The molecule has 1 aromatic carbocycles. The number of nitro groups is 1. The maximum absolute atomic E-state index is 11.0. The van der Waals surface area contributed by atoms with Gasteiger partial charge in [0.25, 0.3) is 5.69 Å². The normalized spacial score (nSPS) is 24.5. The van der Waals surface area contributed by atoms with Gasteiger partial charge >= 0.3 is 0 Å². The first-order valence-corrected chi connectivity index (χ1v) is 6.54. The minimum atomic E-state index is -0.274. The van der Waals surface area contributed by atoms with Crippen LogP contribution in [0.25, 0.3) is 0 Å². The van der Waals surface area contributed by atoms with Gasteiger partial charge in [-0.05, 0) is 6.07 Å². The molecule has 1 fully saturated rings. The summed E-state index contributed by atoms with van der Waals surface area (Å²) in [6.45, 7) is 5.34. The fourth-order valence-corrected chi connectivity index (χ4v) is 2.56. The van der Waals surface area contributed by atoms with Crippen LogP contribution in [-0.4, -0.2) is 38.2 Å². The van der Waals surface area contributed by atoms with Gasteiger partial charge in [0.15, 0.2) is 0 Å². The molecule has 2 rings (SSSR count). The molecule has 0 amide bonds. The second kappa shape index (κ2) is 5.93. The topological polar surface area (TPSA) is 52.0 Å². The Bertz CT molecular complexity index is 422. The molecule has 1 aliphatic heterocycles. The average molecular weight is 251 g/mol. The lowest BCUT2D eigenvalue weighted by molar-refractivity contribution is -0.938. The van der Waals surface area contributed by atoms with E-state index in [1.807, 2.05) is 12.1 Å². The third-order valence-corrected chi connectivity index (χ3v) is 3.67. The van der Waals surface area contributed by atoms with E-state index in [0.717, 1.165) is 31.7 Å². The van der Waals surface area contributed by atoms with Crippen molar-refractivity contribution in [2.24, 2.45) is 0 Å². The molecule has 0 aliphatic carbocycles. The molecule has 0 bridgehead atoms. The van der Waals surface area contributed by atoms with E-state index >= 15 is 0 Å². The largest absolute Gasteiger partial charge is 0.333 e. The molecule has 5 nitrogen and oxygen atoms in total. The molecular weight excluding hydrogens is 230 g/mol. The summed E-state index contributed by atoms with van der Waals surface area (Å²) in [7, 11) is 2.22. The van der Waals surface area contributed by atoms with Crippen LogP contribution >= 0.6 is 0 Å². The van der Waals surface area contributed by atoms with Crippen molar-refractivity contribution in [1.29, 1.82) is 0 Å². The molecule has 2 atom stereocenters. The minimum Gasteiger partial charge on any atom is -0.333 e. The Kier molecular flexibility index (Phi) is 4.28. The summed E-state index contributed by atoms with van der Waals surface area (Å²) < 4.78 is 0. The molecule has 0 radical (unpaired) electrons. The SMILES string of the molecule is C[NH+]1CCC[NH+](Cc2ccccc2[N+](=O)[O-])CC1. The summed E-state index contributed by atoms with van der Waals surface area (Å²) in [4.78, 5) is 13.7. The van der Waals surface area contributed by atoms with E-state index in [4.69, 9.17) is 0 Å². The van der Waals surface area contributed by atoms with Crippen LogP contribution in [0.1, 0.15) is 12.0 Å². The Hall–Kier alpha value is -1.46. The molecule has 0 spiro atoms. The number of nitrogens with zero attached hydrogens (tertiary/aromatic N) is 1. The lowest BCUT2D eigenvalue weighted by atomic mass is 10.1. The number of nitrogens with one attached hydrogen (secondary N) is 2. The number of rotatable bonds is 3. The first-order valence-electron chi connectivity index (χ1n) is 6.54. The van der Waals surface area contributed by atoms with Gasteiger partial charge in [-0.1, -0.05) is 12.1 Å². The highest BCUT2D eigenvalue weighted by molar-refractivity contribution is 5.38. The zero-order chi connectivity index (χ0) is 13.0. The van der Waals surface area contributed by atoms with Gasteiger partial charge < -0.3 is 9.80 Å². The Morgan fingerprint density at radius 3 is 2.78 bits per heavy atom. The lowest BCUT2D eigenvalue weighted by Crippen LogP contribution is -3.15. The smallest absolute Gasteiger partial charge is 0.278 e. The van der Waals surface area contributed by atoms with Crippen molar-refractivity contribution in [3.05, 3.63) is 39.9 Å². The Labute approximate surface area is 107 Å². The third-order valence-electron chi connectivity index (χ3n) is 3.67. The van der Waals surface area contributed by atoms with Gasteiger partial charge in [-0.25, -0.2) is 0 Å².